The van der Waals surface area contributed by atoms with Crippen molar-refractivity contribution >= 4 is 5.91 Å². The Hall–Kier alpha value is -2.64. The molecule has 1 amide bonds. The number of pyridine rings is 1. The lowest BCUT2D eigenvalue weighted by molar-refractivity contribution is -0.605. The van der Waals surface area contributed by atoms with Gasteiger partial charge >= 0.3 is 0 Å². The van der Waals surface area contributed by atoms with E-state index in [4.69, 9.17) is 4.74 Å². The zero-order chi connectivity index (χ0) is 22.2. The number of aromatic nitrogens is 1. The number of likely N-dealkylation sites (N-methyl/N-ethyl adjacent to an activating group) is 1. The highest BCUT2D eigenvalue weighted by Gasteiger charge is 2.25. The fourth-order valence-corrected chi connectivity index (χ4v) is 4.16. The van der Waals surface area contributed by atoms with Crippen LogP contribution >= 0.6 is 0 Å². The molecule has 1 atom stereocenters. The van der Waals surface area contributed by atoms with Crippen molar-refractivity contribution in [3.8, 4) is 5.75 Å². The minimum Gasteiger partial charge on any atom is -0.619 e. The van der Waals surface area contributed by atoms with E-state index in [1.807, 2.05) is 37.2 Å². The average molecular weight is 427 g/mol. The highest BCUT2D eigenvalue weighted by Crippen LogP contribution is 2.24. The van der Waals surface area contributed by atoms with Gasteiger partial charge in [0, 0.05) is 50.4 Å². The van der Waals surface area contributed by atoms with Gasteiger partial charge in [-0.15, -0.1) is 0 Å². The molecule has 0 bridgehead atoms. The summed E-state index contributed by atoms with van der Waals surface area (Å²) in [5.41, 5.74) is 1.76. The topological polar surface area (TPSA) is 63.0 Å². The molecule has 0 N–H and O–H groups in total. The first-order chi connectivity index (χ1) is 15.0. The van der Waals surface area contributed by atoms with Gasteiger partial charge in [0.2, 0.25) is 0 Å². The van der Waals surface area contributed by atoms with E-state index in [0.717, 1.165) is 51.3 Å². The smallest absolute Gasteiger partial charge is 0.254 e. The molecule has 0 aliphatic carbocycles. The summed E-state index contributed by atoms with van der Waals surface area (Å²) in [6.45, 7) is 5.07. The molecule has 1 fully saturated rings. The highest BCUT2D eigenvalue weighted by molar-refractivity contribution is 5.94. The number of nitrogens with zero attached hydrogens (tertiary/aromatic N) is 4. The quantitative estimate of drug-likeness (QED) is 0.455. The minimum absolute atomic E-state index is 0.00991. The number of carbonyl (C=O) groups is 1. The predicted molar refractivity (Wildman–Crippen MR) is 121 cm³/mol. The van der Waals surface area contributed by atoms with Gasteiger partial charge in [-0.05, 0) is 45.5 Å². The van der Waals surface area contributed by atoms with Crippen LogP contribution in [0.25, 0.3) is 0 Å². The molecule has 1 aromatic heterocycles. The van der Waals surface area contributed by atoms with Gasteiger partial charge in [-0.25, -0.2) is 0 Å². The Balaban J connectivity index is 1.66. The summed E-state index contributed by atoms with van der Waals surface area (Å²) in [7, 11) is 5.74. The Bertz CT molecular complexity index is 841. The maximum atomic E-state index is 13.2. The van der Waals surface area contributed by atoms with Gasteiger partial charge in [0.15, 0.2) is 12.4 Å². The van der Waals surface area contributed by atoms with E-state index in [1.165, 1.54) is 18.0 Å². The SMILES string of the molecule is COc1ccccc1CN1CCC[C@H](CN(CCN(C)C)C(=O)c2cc[n+]([O-])cc2)C1. The van der Waals surface area contributed by atoms with Crippen molar-refractivity contribution in [1.82, 2.24) is 14.7 Å². The molecule has 0 saturated carbocycles. The lowest BCUT2D eigenvalue weighted by Gasteiger charge is -2.36. The maximum Gasteiger partial charge on any atom is 0.254 e. The first-order valence-electron chi connectivity index (χ1n) is 10.9. The van der Waals surface area contributed by atoms with Crippen molar-refractivity contribution in [2.45, 2.75) is 19.4 Å². The molecule has 1 aromatic carbocycles. The number of methoxy groups -OCH3 is 1. The molecule has 0 unspecified atom stereocenters. The number of rotatable bonds is 9. The Kier molecular flexibility index (Phi) is 8.26. The Morgan fingerprint density at radius 2 is 1.94 bits per heavy atom. The van der Waals surface area contributed by atoms with Crippen LogP contribution in [-0.4, -0.2) is 74.5 Å². The lowest BCUT2D eigenvalue weighted by atomic mass is 9.96. The van der Waals surface area contributed by atoms with Crippen LogP contribution < -0.4 is 9.47 Å². The second-order valence-corrected chi connectivity index (χ2v) is 8.56. The summed E-state index contributed by atoms with van der Waals surface area (Å²) in [6, 6.07) is 11.4. The number of piperidine rings is 1. The van der Waals surface area contributed by atoms with Crippen LogP contribution in [0.2, 0.25) is 0 Å². The zero-order valence-electron chi connectivity index (χ0n) is 18.9. The molecule has 168 valence electrons. The molecule has 3 rings (SSSR count). The van der Waals surface area contributed by atoms with Gasteiger partial charge in [0.25, 0.3) is 5.91 Å². The Morgan fingerprint density at radius 3 is 2.65 bits per heavy atom. The van der Waals surface area contributed by atoms with Crippen molar-refractivity contribution in [3.63, 3.8) is 0 Å². The molecular formula is C24H34N4O3. The number of para-hydroxylation sites is 1. The first kappa shape index (κ1) is 23.0. The van der Waals surface area contributed by atoms with E-state index in [0.29, 0.717) is 22.8 Å². The summed E-state index contributed by atoms with van der Waals surface area (Å²) in [5.74, 6) is 1.33. The summed E-state index contributed by atoms with van der Waals surface area (Å²) in [5, 5.41) is 11.3. The van der Waals surface area contributed by atoms with E-state index >= 15 is 0 Å². The molecule has 31 heavy (non-hydrogen) atoms. The van der Waals surface area contributed by atoms with Crippen LogP contribution in [0.3, 0.4) is 0 Å². The fraction of sp³-hybridized carbons (Fsp3) is 0.500. The van der Waals surface area contributed by atoms with Crippen LogP contribution in [-0.2, 0) is 6.54 Å². The standard InChI is InChI=1S/C24H34N4O3/c1-25(2)15-16-27(24(29)21-10-13-28(30)14-11-21)18-20-7-6-12-26(17-20)19-22-8-4-5-9-23(22)31-3/h4-5,8-11,13-14,20H,6-7,12,15-19H2,1-3H3/t20-/m0/s1. The van der Waals surface area contributed by atoms with Crippen LogP contribution in [0.4, 0.5) is 0 Å². The Morgan fingerprint density at radius 1 is 1.19 bits per heavy atom. The molecule has 7 nitrogen and oxygen atoms in total. The van der Waals surface area contributed by atoms with Crippen LogP contribution in [0.1, 0.15) is 28.8 Å². The lowest BCUT2D eigenvalue weighted by Crippen LogP contribution is -2.44. The monoisotopic (exact) mass is 426 g/mol. The number of benzene rings is 1. The summed E-state index contributed by atoms with van der Waals surface area (Å²) < 4.78 is 6.22. The van der Waals surface area contributed by atoms with E-state index in [1.54, 1.807) is 19.2 Å². The van der Waals surface area contributed by atoms with E-state index in [-0.39, 0.29) is 5.91 Å². The van der Waals surface area contributed by atoms with E-state index in [2.05, 4.69) is 15.9 Å². The average Bonchev–Trinajstić information content (AvgIpc) is 2.77. The Labute approximate surface area is 185 Å². The maximum absolute atomic E-state index is 13.2. The van der Waals surface area contributed by atoms with Crippen molar-refractivity contribution in [3.05, 3.63) is 65.1 Å². The minimum atomic E-state index is -0.00991. The van der Waals surface area contributed by atoms with Crippen molar-refractivity contribution < 1.29 is 14.3 Å². The molecule has 1 aliphatic rings. The molecule has 7 heteroatoms. The number of carbonyl (C=O) groups excluding carboxylic acids is 1. The van der Waals surface area contributed by atoms with Crippen LogP contribution in [0, 0.1) is 11.1 Å². The third kappa shape index (κ3) is 6.67. The second kappa shape index (κ2) is 11.1. The van der Waals surface area contributed by atoms with Crippen molar-refractivity contribution in [2.75, 3.05) is 53.9 Å². The van der Waals surface area contributed by atoms with Crippen molar-refractivity contribution in [2.24, 2.45) is 5.92 Å². The molecule has 1 saturated heterocycles. The second-order valence-electron chi connectivity index (χ2n) is 8.56. The number of ether oxygens (including phenoxy) is 1. The summed E-state index contributed by atoms with van der Waals surface area (Å²) in [4.78, 5) is 19.7. The molecular weight excluding hydrogens is 392 g/mol. The predicted octanol–water partition coefficient (Wildman–Crippen LogP) is 2.24. The van der Waals surface area contributed by atoms with E-state index < -0.39 is 0 Å². The third-order valence-electron chi connectivity index (χ3n) is 5.82. The van der Waals surface area contributed by atoms with Gasteiger partial charge < -0.3 is 19.7 Å². The van der Waals surface area contributed by atoms with E-state index in [9.17, 15) is 10.0 Å². The number of likely N-dealkylation sites (tertiary alicyclic amines) is 1. The van der Waals surface area contributed by atoms with Gasteiger partial charge in [-0.3, -0.25) is 9.69 Å². The van der Waals surface area contributed by atoms with Gasteiger partial charge in [0.05, 0.1) is 12.7 Å². The fourth-order valence-electron chi connectivity index (χ4n) is 4.16. The third-order valence-corrected chi connectivity index (χ3v) is 5.82. The largest absolute Gasteiger partial charge is 0.619 e. The highest BCUT2D eigenvalue weighted by atomic mass is 16.5. The molecule has 0 spiro atoms. The van der Waals surface area contributed by atoms with Crippen LogP contribution in [0.5, 0.6) is 5.75 Å². The van der Waals surface area contributed by atoms with Gasteiger partial charge in [0.1, 0.15) is 5.75 Å². The molecule has 2 aromatic rings. The summed E-state index contributed by atoms with van der Waals surface area (Å²) >= 11 is 0. The number of hydrogen-bond acceptors (Lipinski definition) is 5. The zero-order valence-corrected chi connectivity index (χ0v) is 18.9. The molecule has 0 radical (unpaired) electrons. The normalized spacial score (nSPS) is 17.0. The first-order valence-corrected chi connectivity index (χ1v) is 10.9. The van der Waals surface area contributed by atoms with Gasteiger partial charge in [-0.1, -0.05) is 18.2 Å². The summed E-state index contributed by atoms with van der Waals surface area (Å²) in [6.07, 6.45) is 5.00. The number of hydrogen-bond donors (Lipinski definition) is 0. The van der Waals surface area contributed by atoms with Crippen LogP contribution in [0.15, 0.2) is 48.8 Å². The number of amides is 1. The molecule has 1 aliphatic heterocycles. The molecule has 2 heterocycles. The van der Waals surface area contributed by atoms with Crippen molar-refractivity contribution in [1.29, 1.82) is 0 Å². The van der Waals surface area contributed by atoms with Gasteiger partial charge in [-0.2, -0.15) is 4.73 Å².